The number of β-lactam (4-membered cyclic amide) rings is 2. The first kappa shape index (κ1) is 37.9. The van der Waals surface area contributed by atoms with Crippen LogP contribution in [0.5, 0.6) is 11.5 Å². The van der Waals surface area contributed by atoms with E-state index in [0.717, 1.165) is 31.4 Å². The van der Waals surface area contributed by atoms with Gasteiger partial charge in [0.25, 0.3) is 23.6 Å². The maximum Gasteiger partial charge on any atom is 0.330 e. The summed E-state index contributed by atoms with van der Waals surface area (Å²) in [6.07, 6.45) is 0. The van der Waals surface area contributed by atoms with Gasteiger partial charge in [-0.1, -0.05) is 71.1 Å². The Kier molecular flexibility index (Phi) is 11.6. The third-order valence-corrected chi connectivity index (χ3v) is 11.4. The molecule has 2 saturated heterocycles. The number of carbonyl (C=O) groups excluding carboxylic acids is 4. The standard InChI is InChI=1S/C34H38N4O10S2/c1-19(2)25(27(41)42)37-29(45)33(5,35-23(39)17-47-21-13-9-7-10-14-21)31(37)49-50-32-34(6,30(46)38(32)26(20(3)4)28(43)44)36-24(40)18-48-22-15-11-8-12-16-22/h7-16,25-26,31-32H,1,3,17-18H2,2,4-6H3,(H,35,39)(H,36,40)(H,41,42)(H,43,44). The van der Waals surface area contributed by atoms with E-state index < -0.39 is 82.7 Å². The van der Waals surface area contributed by atoms with Crippen molar-refractivity contribution in [3.05, 3.63) is 85.0 Å². The van der Waals surface area contributed by atoms with Crippen LogP contribution in [0.4, 0.5) is 0 Å². The van der Waals surface area contributed by atoms with Crippen LogP contribution in [0.2, 0.25) is 0 Å². The molecule has 0 bridgehead atoms. The average Bonchev–Trinajstić information content (AvgIpc) is 3.06. The quantitative estimate of drug-likeness (QED) is 0.106. The first-order valence-corrected chi connectivity index (χ1v) is 17.5. The number of ether oxygens (including phenoxy) is 2. The number of benzene rings is 2. The molecule has 4 amide bonds. The van der Waals surface area contributed by atoms with Crippen LogP contribution in [0.3, 0.4) is 0 Å². The van der Waals surface area contributed by atoms with Crippen molar-refractivity contribution in [3.8, 4) is 11.5 Å². The van der Waals surface area contributed by atoms with Gasteiger partial charge in [-0.25, -0.2) is 9.59 Å². The third-order valence-electron chi connectivity index (χ3n) is 8.07. The first-order valence-electron chi connectivity index (χ1n) is 15.2. The van der Waals surface area contributed by atoms with Gasteiger partial charge >= 0.3 is 11.9 Å². The van der Waals surface area contributed by atoms with Crippen LogP contribution in [0.15, 0.2) is 85.0 Å². The van der Waals surface area contributed by atoms with Gasteiger partial charge in [0.15, 0.2) is 25.3 Å². The number of carbonyl (C=O) groups is 6. The monoisotopic (exact) mass is 726 g/mol. The molecule has 0 saturated carbocycles. The number of hydrogen-bond donors (Lipinski definition) is 4. The number of hydrogen-bond acceptors (Lipinski definition) is 10. The Morgan fingerprint density at radius 3 is 1.32 bits per heavy atom. The summed E-state index contributed by atoms with van der Waals surface area (Å²) >= 11 is 0. The molecule has 2 aliphatic heterocycles. The molecule has 4 rings (SSSR count). The molecule has 0 aliphatic carbocycles. The molecular weight excluding hydrogens is 689 g/mol. The lowest BCUT2D eigenvalue weighted by atomic mass is 9.86. The van der Waals surface area contributed by atoms with Gasteiger partial charge in [-0.05, 0) is 63.1 Å². The summed E-state index contributed by atoms with van der Waals surface area (Å²) < 4.78 is 11.0. The maximum atomic E-state index is 13.7. The number of para-hydroxylation sites is 2. The van der Waals surface area contributed by atoms with E-state index in [1.54, 1.807) is 60.7 Å². The molecular formula is C34H38N4O10S2. The fourth-order valence-electron chi connectivity index (χ4n) is 5.63. The minimum atomic E-state index is -1.65. The number of nitrogens with zero attached hydrogens (tertiary/aromatic N) is 2. The fraction of sp³-hybridized carbons (Fsp3) is 0.353. The van der Waals surface area contributed by atoms with Crippen molar-refractivity contribution in [2.45, 2.75) is 61.6 Å². The maximum absolute atomic E-state index is 13.7. The van der Waals surface area contributed by atoms with Crippen LogP contribution in [-0.2, 0) is 28.8 Å². The molecule has 0 radical (unpaired) electrons. The highest BCUT2D eigenvalue weighted by atomic mass is 33.1. The number of aliphatic carboxylic acids is 2. The Labute approximate surface area is 296 Å². The molecule has 6 unspecified atom stereocenters. The molecule has 14 nitrogen and oxygen atoms in total. The molecule has 50 heavy (non-hydrogen) atoms. The van der Waals surface area contributed by atoms with Crippen molar-refractivity contribution < 1.29 is 48.5 Å². The minimum Gasteiger partial charge on any atom is -0.484 e. The summed E-state index contributed by atoms with van der Waals surface area (Å²) in [5.74, 6) is -4.62. The predicted molar refractivity (Wildman–Crippen MR) is 186 cm³/mol. The highest BCUT2D eigenvalue weighted by Gasteiger charge is 2.66. The topological polar surface area (TPSA) is 192 Å². The highest BCUT2D eigenvalue weighted by molar-refractivity contribution is 8.77. The van der Waals surface area contributed by atoms with Crippen LogP contribution in [0.25, 0.3) is 0 Å². The first-order chi connectivity index (χ1) is 23.5. The number of amides is 4. The summed E-state index contributed by atoms with van der Waals surface area (Å²) in [7, 11) is 1.87. The fourth-order valence-corrected chi connectivity index (χ4v) is 9.51. The molecule has 0 aromatic heterocycles. The van der Waals surface area contributed by atoms with Crippen LogP contribution in [0.1, 0.15) is 27.7 Å². The van der Waals surface area contributed by atoms with Gasteiger partial charge in [-0.15, -0.1) is 0 Å². The minimum absolute atomic E-state index is 0.145. The number of likely N-dealkylation sites (tertiary alicyclic amines) is 2. The smallest absolute Gasteiger partial charge is 0.330 e. The lowest BCUT2D eigenvalue weighted by Crippen LogP contribution is -2.81. The van der Waals surface area contributed by atoms with E-state index in [2.05, 4.69) is 23.8 Å². The SMILES string of the molecule is C=C(C)C(C(=O)O)N1C(=O)C(C)(NC(=O)COc2ccccc2)C1SSC1N(C(C(=C)C)C(=O)O)C(=O)C1(C)NC(=O)COc1ccccc1. The molecule has 16 heteroatoms. The highest BCUT2D eigenvalue weighted by Crippen LogP contribution is 2.52. The van der Waals surface area contributed by atoms with Crippen molar-refractivity contribution in [1.29, 1.82) is 0 Å². The lowest BCUT2D eigenvalue weighted by Gasteiger charge is -2.58. The van der Waals surface area contributed by atoms with Crippen LogP contribution in [0, 0.1) is 0 Å². The number of carboxylic acids is 2. The lowest BCUT2D eigenvalue weighted by molar-refractivity contribution is -0.167. The number of carboxylic acid groups (broad SMARTS) is 2. The van der Waals surface area contributed by atoms with Gasteiger partial charge in [0, 0.05) is 0 Å². The second-order valence-corrected chi connectivity index (χ2v) is 14.6. The third kappa shape index (κ3) is 7.60. The van der Waals surface area contributed by atoms with Crippen molar-refractivity contribution in [3.63, 3.8) is 0 Å². The average molecular weight is 727 g/mol. The second kappa shape index (κ2) is 15.3. The second-order valence-electron chi connectivity index (χ2n) is 12.2. The van der Waals surface area contributed by atoms with E-state index in [-0.39, 0.29) is 11.1 Å². The van der Waals surface area contributed by atoms with Gasteiger partial charge in [0.05, 0.1) is 0 Å². The van der Waals surface area contributed by atoms with Crippen LogP contribution in [-0.4, -0.2) is 103 Å². The zero-order valence-corrected chi connectivity index (χ0v) is 29.4. The molecule has 266 valence electrons. The Bertz CT molecular complexity index is 1540. The van der Waals surface area contributed by atoms with Gasteiger partial charge in [0.1, 0.15) is 33.3 Å². The van der Waals surface area contributed by atoms with E-state index in [0.29, 0.717) is 11.5 Å². The summed E-state index contributed by atoms with van der Waals surface area (Å²) in [5, 5.41) is 23.3. The zero-order valence-electron chi connectivity index (χ0n) is 27.8. The molecule has 2 aliphatic rings. The summed E-state index contributed by atoms with van der Waals surface area (Å²) in [6.45, 7) is 12.3. The Morgan fingerprint density at radius 2 is 1.04 bits per heavy atom. The molecule has 2 heterocycles. The zero-order chi connectivity index (χ0) is 37.0. The molecule has 0 spiro atoms. The summed E-state index contributed by atoms with van der Waals surface area (Å²) in [6, 6.07) is 14.1. The Balaban J connectivity index is 1.60. The predicted octanol–water partition coefficient (Wildman–Crippen LogP) is 2.67. The number of nitrogens with one attached hydrogen (secondary N) is 2. The van der Waals surface area contributed by atoms with E-state index in [1.807, 2.05) is 0 Å². The van der Waals surface area contributed by atoms with E-state index in [9.17, 15) is 39.0 Å². The number of rotatable bonds is 17. The Hall–Kier alpha value is -4.96. The van der Waals surface area contributed by atoms with Crippen LogP contribution >= 0.6 is 21.6 Å². The molecule has 6 atom stereocenters. The van der Waals surface area contributed by atoms with Crippen molar-refractivity contribution in [2.75, 3.05) is 13.2 Å². The Morgan fingerprint density at radius 1 is 0.720 bits per heavy atom. The molecule has 2 aromatic carbocycles. The van der Waals surface area contributed by atoms with E-state index in [4.69, 9.17) is 9.47 Å². The summed E-state index contributed by atoms with van der Waals surface area (Å²) in [4.78, 5) is 80.2. The summed E-state index contributed by atoms with van der Waals surface area (Å²) in [5.41, 5.74) is -3.02. The molecule has 2 fully saturated rings. The normalized spacial score (nSPS) is 23.8. The van der Waals surface area contributed by atoms with Gasteiger partial charge < -0.3 is 40.1 Å². The van der Waals surface area contributed by atoms with Crippen LogP contribution < -0.4 is 20.1 Å². The van der Waals surface area contributed by atoms with Crippen molar-refractivity contribution in [2.24, 2.45) is 0 Å². The van der Waals surface area contributed by atoms with Crippen molar-refractivity contribution in [1.82, 2.24) is 20.4 Å². The molecule has 2 aromatic rings. The molecule has 4 N–H and O–H groups in total. The van der Waals surface area contributed by atoms with Gasteiger partial charge in [0.2, 0.25) is 0 Å². The van der Waals surface area contributed by atoms with Gasteiger partial charge in [-0.3, -0.25) is 19.2 Å². The van der Waals surface area contributed by atoms with Crippen molar-refractivity contribution >= 4 is 57.2 Å². The van der Waals surface area contributed by atoms with Gasteiger partial charge in [-0.2, -0.15) is 0 Å². The largest absolute Gasteiger partial charge is 0.484 e. The van der Waals surface area contributed by atoms with E-state index >= 15 is 0 Å². The van der Waals surface area contributed by atoms with E-state index in [1.165, 1.54) is 27.7 Å².